The number of aromatic carboxylic acids is 1. The van der Waals surface area contributed by atoms with Gasteiger partial charge in [0.2, 0.25) is 0 Å². The second kappa shape index (κ2) is 5.25. The van der Waals surface area contributed by atoms with Gasteiger partial charge in [-0.25, -0.2) is 9.78 Å². The van der Waals surface area contributed by atoms with Gasteiger partial charge in [-0.3, -0.25) is 0 Å². The number of hydrogen-bond donors (Lipinski definition) is 1. The van der Waals surface area contributed by atoms with E-state index in [1.165, 1.54) is 16.9 Å². The van der Waals surface area contributed by atoms with E-state index in [2.05, 4.69) is 22.0 Å². The lowest BCUT2D eigenvalue weighted by molar-refractivity contribution is 0.0700. The molecule has 2 heterocycles. The number of aryl methyl sites for hydroxylation is 1. The van der Waals surface area contributed by atoms with E-state index in [-0.39, 0.29) is 0 Å². The summed E-state index contributed by atoms with van der Waals surface area (Å²) in [4.78, 5) is 18.4. The zero-order valence-corrected chi connectivity index (χ0v) is 12.1. The monoisotopic (exact) mass is 288 g/mol. The molecule has 20 heavy (non-hydrogen) atoms. The molecule has 4 nitrogen and oxygen atoms in total. The molecular weight excluding hydrogens is 272 g/mol. The third kappa shape index (κ3) is 2.18. The minimum atomic E-state index is -0.871. The maximum Gasteiger partial charge on any atom is 0.347 e. The van der Waals surface area contributed by atoms with Gasteiger partial charge in [0, 0.05) is 12.2 Å². The molecule has 1 aromatic carbocycles. The van der Waals surface area contributed by atoms with Crippen molar-refractivity contribution in [2.24, 2.45) is 0 Å². The normalized spacial score (nSPS) is 13.6. The number of benzene rings is 1. The van der Waals surface area contributed by atoms with Gasteiger partial charge in [-0.05, 0) is 24.5 Å². The Balaban J connectivity index is 2.00. The Morgan fingerprint density at radius 2 is 2.25 bits per heavy atom. The van der Waals surface area contributed by atoms with E-state index in [1.54, 1.807) is 0 Å². The summed E-state index contributed by atoms with van der Waals surface area (Å²) in [6.07, 6.45) is 2.61. The minimum absolute atomic E-state index is 0.381. The molecule has 1 N–H and O–H groups in total. The first-order valence-corrected chi connectivity index (χ1v) is 7.60. The van der Waals surface area contributed by atoms with E-state index in [0.717, 1.165) is 30.2 Å². The molecule has 0 aliphatic carbocycles. The number of carboxylic acids is 1. The number of para-hydroxylation sites is 1. The highest BCUT2D eigenvalue weighted by Crippen LogP contribution is 2.37. The third-order valence-electron chi connectivity index (χ3n) is 3.49. The van der Waals surface area contributed by atoms with Crippen LogP contribution in [0.1, 0.15) is 34.3 Å². The van der Waals surface area contributed by atoms with Crippen molar-refractivity contribution in [3.05, 3.63) is 40.4 Å². The predicted molar refractivity (Wildman–Crippen MR) is 80.2 cm³/mol. The minimum Gasteiger partial charge on any atom is -0.477 e. The van der Waals surface area contributed by atoms with Crippen LogP contribution in [0, 0.1) is 0 Å². The molecule has 5 heteroatoms. The van der Waals surface area contributed by atoms with Crippen LogP contribution in [0.2, 0.25) is 0 Å². The number of rotatable bonds is 4. The lowest BCUT2D eigenvalue weighted by atomic mass is 10.2. The van der Waals surface area contributed by atoms with Crippen LogP contribution in [0.4, 0.5) is 10.8 Å². The number of aromatic nitrogens is 1. The first-order valence-electron chi connectivity index (χ1n) is 6.79. The average molecular weight is 288 g/mol. The number of fused-ring (bicyclic) bond motifs is 1. The maximum atomic E-state index is 11.3. The molecule has 1 aliphatic heterocycles. The van der Waals surface area contributed by atoms with E-state index in [4.69, 9.17) is 0 Å². The van der Waals surface area contributed by atoms with Crippen LogP contribution in [0.15, 0.2) is 24.3 Å². The second-order valence-corrected chi connectivity index (χ2v) is 5.84. The van der Waals surface area contributed by atoms with Crippen LogP contribution < -0.4 is 4.90 Å². The van der Waals surface area contributed by atoms with Gasteiger partial charge in [0.1, 0.15) is 4.88 Å². The van der Waals surface area contributed by atoms with Crippen molar-refractivity contribution in [2.45, 2.75) is 26.2 Å². The van der Waals surface area contributed by atoms with Crippen molar-refractivity contribution in [1.29, 1.82) is 0 Å². The molecular formula is C15H16N2O2S. The molecule has 0 saturated heterocycles. The molecule has 3 rings (SSSR count). The fraction of sp³-hybridized carbons (Fsp3) is 0.333. The van der Waals surface area contributed by atoms with Crippen LogP contribution in [-0.4, -0.2) is 22.6 Å². The van der Waals surface area contributed by atoms with E-state index in [9.17, 15) is 9.90 Å². The second-order valence-electron chi connectivity index (χ2n) is 4.86. The highest BCUT2D eigenvalue weighted by Gasteiger charge is 2.25. The van der Waals surface area contributed by atoms with E-state index >= 15 is 0 Å². The standard InChI is InChI=1S/C15H16N2O2S/c1-2-5-11-13(14(18)19)20-15(16-11)17-9-8-10-6-3-4-7-12(10)17/h3-4,6-7H,2,5,8-9H2,1H3,(H,18,19). The molecule has 2 aromatic rings. The predicted octanol–water partition coefficient (Wildman–Crippen LogP) is 3.49. The Morgan fingerprint density at radius 3 is 3.00 bits per heavy atom. The van der Waals surface area contributed by atoms with Crippen molar-refractivity contribution in [3.8, 4) is 0 Å². The molecule has 0 bridgehead atoms. The number of hydrogen-bond acceptors (Lipinski definition) is 4. The largest absolute Gasteiger partial charge is 0.477 e. The molecule has 0 amide bonds. The van der Waals surface area contributed by atoms with Crippen LogP contribution >= 0.6 is 11.3 Å². The van der Waals surface area contributed by atoms with Gasteiger partial charge >= 0.3 is 5.97 Å². The van der Waals surface area contributed by atoms with Crippen molar-refractivity contribution < 1.29 is 9.90 Å². The zero-order chi connectivity index (χ0) is 14.1. The first-order chi connectivity index (χ1) is 9.70. The summed E-state index contributed by atoms with van der Waals surface area (Å²) < 4.78 is 0. The van der Waals surface area contributed by atoms with Gasteiger partial charge in [-0.1, -0.05) is 42.9 Å². The molecule has 104 valence electrons. The topological polar surface area (TPSA) is 53.4 Å². The molecule has 1 aromatic heterocycles. The number of anilines is 2. The van der Waals surface area contributed by atoms with Gasteiger partial charge in [-0.15, -0.1) is 0 Å². The first kappa shape index (κ1) is 13.1. The van der Waals surface area contributed by atoms with Crippen LogP contribution in [-0.2, 0) is 12.8 Å². The number of carbonyl (C=O) groups is 1. The van der Waals surface area contributed by atoms with Gasteiger partial charge in [0.05, 0.1) is 5.69 Å². The summed E-state index contributed by atoms with van der Waals surface area (Å²) in [6, 6.07) is 8.24. The van der Waals surface area contributed by atoms with Crippen molar-refractivity contribution in [2.75, 3.05) is 11.4 Å². The maximum absolute atomic E-state index is 11.3. The fourth-order valence-corrected chi connectivity index (χ4v) is 3.56. The fourth-order valence-electron chi connectivity index (χ4n) is 2.56. The molecule has 0 saturated carbocycles. The third-order valence-corrected chi connectivity index (χ3v) is 4.59. The zero-order valence-electron chi connectivity index (χ0n) is 11.3. The van der Waals surface area contributed by atoms with Crippen LogP contribution in [0.5, 0.6) is 0 Å². The molecule has 0 radical (unpaired) electrons. The molecule has 0 fully saturated rings. The Hall–Kier alpha value is -1.88. The quantitative estimate of drug-likeness (QED) is 0.935. The smallest absolute Gasteiger partial charge is 0.347 e. The van der Waals surface area contributed by atoms with Gasteiger partial charge < -0.3 is 10.0 Å². The van der Waals surface area contributed by atoms with E-state index in [1.807, 2.05) is 19.1 Å². The Morgan fingerprint density at radius 1 is 1.45 bits per heavy atom. The lowest BCUT2D eigenvalue weighted by Gasteiger charge is -2.15. The summed E-state index contributed by atoms with van der Waals surface area (Å²) in [5, 5.41) is 10.1. The summed E-state index contributed by atoms with van der Waals surface area (Å²) in [5.41, 5.74) is 3.17. The molecule has 0 unspecified atom stereocenters. The van der Waals surface area contributed by atoms with Gasteiger partial charge in [-0.2, -0.15) is 0 Å². The number of carboxylic acid groups (broad SMARTS) is 1. The Kier molecular flexibility index (Phi) is 3.44. The average Bonchev–Trinajstić information content (AvgIpc) is 3.02. The van der Waals surface area contributed by atoms with E-state index < -0.39 is 5.97 Å². The lowest BCUT2D eigenvalue weighted by Crippen LogP contribution is -2.12. The van der Waals surface area contributed by atoms with Crippen molar-refractivity contribution in [1.82, 2.24) is 4.98 Å². The van der Waals surface area contributed by atoms with Crippen molar-refractivity contribution in [3.63, 3.8) is 0 Å². The Labute approximate surface area is 121 Å². The molecule has 0 spiro atoms. The van der Waals surface area contributed by atoms with Crippen LogP contribution in [0.3, 0.4) is 0 Å². The SMILES string of the molecule is CCCc1nc(N2CCc3ccccc32)sc1C(=O)O. The summed E-state index contributed by atoms with van der Waals surface area (Å²) in [6.45, 7) is 2.91. The van der Waals surface area contributed by atoms with Gasteiger partial charge in [0.15, 0.2) is 5.13 Å². The summed E-state index contributed by atoms with van der Waals surface area (Å²) in [7, 11) is 0. The number of thiazole rings is 1. The van der Waals surface area contributed by atoms with Crippen LogP contribution in [0.25, 0.3) is 0 Å². The number of nitrogens with zero attached hydrogens (tertiary/aromatic N) is 2. The summed E-state index contributed by atoms with van der Waals surface area (Å²) >= 11 is 1.28. The van der Waals surface area contributed by atoms with E-state index in [0.29, 0.717) is 17.0 Å². The van der Waals surface area contributed by atoms with Crippen molar-refractivity contribution >= 4 is 28.1 Å². The Bertz CT molecular complexity index is 651. The summed E-state index contributed by atoms with van der Waals surface area (Å²) in [5.74, 6) is -0.871. The molecule has 1 aliphatic rings. The highest BCUT2D eigenvalue weighted by molar-refractivity contribution is 7.17. The van der Waals surface area contributed by atoms with Gasteiger partial charge in [0.25, 0.3) is 0 Å². The highest BCUT2D eigenvalue weighted by atomic mass is 32.1. The molecule has 0 atom stereocenters.